The monoisotopic (exact) mass is 450 g/mol. The van der Waals surface area contributed by atoms with Crippen LogP contribution in [0.5, 0.6) is 5.75 Å². The fourth-order valence-corrected chi connectivity index (χ4v) is 3.35. The number of aromatic hydroxyl groups is 1. The van der Waals surface area contributed by atoms with Crippen molar-refractivity contribution in [3.05, 3.63) is 29.8 Å². The maximum absolute atomic E-state index is 12.4. The first-order valence-electron chi connectivity index (χ1n) is 9.94. The molecule has 0 aliphatic carbocycles. The highest BCUT2D eigenvalue weighted by molar-refractivity contribution is 5.94. The van der Waals surface area contributed by atoms with Crippen LogP contribution in [0.2, 0.25) is 0 Å². The lowest BCUT2D eigenvalue weighted by atomic mass is 10.0. The number of nitrogens with zero attached hydrogens (tertiary/aromatic N) is 1. The van der Waals surface area contributed by atoms with Crippen LogP contribution in [-0.2, 0) is 30.4 Å². The SMILES string of the molecule is NC(Cc1ccc(O)cc1)C(=O)NC(CC(=O)O)C(=O)NCC(=O)N1CCCC1C(=O)O. The number of nitrogens with two attached hydrogens (primary N) is 1. The summed E-state index contributed by atoms with van der Waals surface area (Å²) in [4.78, 5) is 60.5. The van der Waals surface area contributed by atoms with E-state index < -0.39 is 60.8 Å². The van der Waals surface area contributed by atoms with Crippen LogP contribution in [0.1, 0.15) is 24.8 Å². The number of carboxylic acid groups (broad SMARTS) is 2. The molecule has 1 heterocycles. The molecular weight excluding hydrogens is 424 g/mol. The van der Waals surface area contributed by atoms with E-state index in [4.69, 9.17) is 15.9 Å². The molecule has 12 heteroatoms. The van der Waals surface area contributed by atoms with Gasteiger partial charge in [-0.25, -0.2) is 4.79 Å². The van der Waals surface area contributed by atoms with Gasteiger partial charge < -0.3 is 36.6 Å². The summed E-state index contributed by atoms with van der Waals surface area (Å²) in [5.41, 5.74) is 6.49. The van der Waals surface area contributed by atoms with Gasteiger partial charge in [0.15, 0.2) is 0 Å². The molecule has 174 valence electrons. The Hall–Kier alpha value is -3.67. The van der Waals surface area contributed by atoms with Gasteiger partial charge in [0, 0.05) is 6.54 Å². The van der Waals surface area contributed by atoms with E-state index >= 15 is 0 Å². The Labute approximate surface area is 183 Å². The van der Waals surface area contributed by atoms with Gasteiger partial charge >= 0.3 is 11.9 Å². The molecule has 3 amide bonds. The van der Waals surface area contributed by atoms with Gasteiger partial charge in [-0.05, 0) is 37.0 Å². The second-order valence-electron chi connectivity index (χ2n) is 7.44. The van der Waals surface area contributed by atoms with E-state index in [0.717, 1.165) is 4.90 Å². The lowest BCUT2D eigenvalue weighted by molar-refractivity contribution is -0.148. The van der Waals surface area contributed by atoms with Gasteiger partial charge in [0.05, 0.1) is 19.0 Å². The summed E-state index contributed by atoms with van der Waals surface area (Å²) in [5, 5.41) is 32.0. The number of phenolic OH excluding ortho intramolecular Hbond substituents is 1. The number of benzene rings is 1. The lowest BCUT2D eigenvalue weighted by Crippen LogP contribution is -2.54. The van der Waals surface area contributed by atoms with Crippen molar-refractivity contribution in [3.8, 4) is 5.75 Å². The zero-order valence-corrected chi connectivity index (χ0v) is 17.2. The molecule has 0 bridgehead atoms. The van der Waals surface area contributed by atoms with Crippen molar-refractivity contribution in [1.29, 1.82) is 0 Å². The number of hydrogen-bond acceptors (Lipinski definition) is 7. The number of nitrogens with one attached hydrogen (secondary N) is 2. The van der Waals surface area contributed by atoms with Crippen molar-refractivity contribution >= 4 is 29.7 Å². The average Bonchev–Trinajstić information content (AvgIpc) is 3.23. The van der Waals surface area contributed by atoms with Gasteiger partial charge in [0.25, 0.3) is 0 Å². The maximum Gasteiger partial charge on any atom is 0.326 e. The molecule has 7 N–H and O–H groups in total. The Balaban J connectivity index is 1.94. The molecule has 12 nitrogen and oxygen atoms in total. The summed E-state index contributed by atoms with van der Waals surface area (Å²) < 4.78 is 0. The normalized spacial score (nSPS) is 17.3. The van der Waals surface area contributed by atoms with Gasteiger partial charge in [-0.3, -0.25) is 19.2 Å². The highest BCUT2D eigenvalue weighted by Crippen LogP contribution is 2.17. The third-order valence-corrected chi connectivity index (χ3v) is 5.01. The van der Waals surface area contributed by atoms with E-state index in [1.807, 2.05) is 0 Å². The second kappa shape index (κ2) is 11.1. The van der Waals surface area contributed by atoms with E-state index in [9.17, 15) is 29.1 Å². The summed E-state index contributed by atoms with van der Waals surface area (Å²) in [5.74, 6) is -4.74. The molecule has 1 fully saturated rings. The largest absolute Gasteiger partial charge is 0.508 e. The van der Waals surface area contributed by atoms with Crippen molar-refractivity contribution < 1.29 is 39.3 Å². The minimum absolute atomic E-state index is 0.0446. The van der Waals surface area contributed by atoms with Crippen molar-refractivity contribution in [3.63, 3.8) is 0 Å². The van der Waals surface area contributed by atoms with Gasteiger partial charge in [-0.1, -0.05) is 12.1 Å². The Morgan fingerprint density at radius 3 is 2.34 bits per heavy atom. The van der Waals surface area contributed by atoms with Gasteiger partial charge in [0.2, 0.25) is 17.7 Å². The van der Waals surface area contributed by atoms with Crippen LogP contribution in [-0.4, -0.2) is 81.1 Å². The molecule has 0 radical (unpaired) electrons. The van der Waals surface area contributed by atoms with E-state index in [0.29, 0.717) is 18.4 Å². The van der Waals surface area contributed by atoms with Crippen molar-refractivity contribution in [2.45, 2.75) is 43.8 Å². The van der Waals surface area contributed by atoms with E-state index in [1.165, 1.54) is 12.1 Å². The molecular formula is C20H26N4O8. The minimum atomic E-state index is -1.48. The number of aliphatic carboxylic acids is 2. The topological polar surface area (TPSA) is 199 Å². The molecule has 1 aromatic rings. The number of carbonyl (C=O) groups excluding carboxylic acids is 3. The zero-order valence-electron chi connectivity index (χ0n) is 17.2. The Bertz CT molecular complexity index is 873. The fraction of sp³-hybridized carbons (Fsp3) is 0.450. The van der Waals surface area contributed by atoms with Gasteiger partial charge in [-0.15, -0.1) is 0 Å². The summed E-state index contributed by atoms with van der Waals surface area (Å²) >= 11 is 0. The van der Waals surface area contributed by atoms with Crippen LogP contribution in [0.25, 0.3) is 0 Å². The van der Waals surface area contributed by atoms with Gasteiger partial charge in [-0.2, -0.15) is 0 Å². The highest BCUT2D eigenvalue weighted by Gasteiger charge is 2.34. The quantitative estimate of drug-likeness (QED) is 0.243. The average molecular weight is 450 g/mol. The molecule has 0 aromatic heterocycles. The maximum atomic E-state index is 12.4. The molecule has 1 aliphatic rings. The Morgan fingerprint density at radius 2 is 1.75 bits per heavy atom. The number of carbonyl (C=O) groups is 5. The number of amides is 3. The molecule has 1 aliphatic heterocycles. The molecule has 3 unspecified atom stereocenters. The Kier molecular flexibility index (Phi) is 8.53. The minimum Gasteiger partial charge on any atom is -0.508 e. The number of hydrogen-bond donors (Lipinski definition) is 6. The summed E-state index contributed by atoms with van der Waals surface area (Å²) in [6.07, 6.45) is 0.176. The van der Waals surface area contributed by atoms with Crippen molar-refractivity contribution in [2.75, 3.05) is 13.1 Å². The predicted octanol–water partition coefficient (Wildman–Crippen LogP) is -1.59. The highest BCUT2D eigenvalue weighted by atomic mass is 16.4. The molecule has 3 atom stereocenters. The summed E-state index contributed by atoms with van der Waals surface area (Å²) in [6, 6.07) is 2.45. The van der Waals surface area contributed by atoms with E-state index in [2.05, 4.69) is 10.6 Å². The lowest BCUT2D eigenvalue weighted by Gasteiger charge is -2.23. The standard InChI is InChI=1S/C20H26N4O8/c21-13(8-11-3-5-12(25)6-4-11)18(29)23-14(9-17(27)28)19(30)22-10-16(26)24-7-1-2-15(24)20(31)32/h3-6,13-15,25H,1-2,7-10,21H2,(H,22,30)(H,23,29)(H,27,28)(H,31,32). The first-order chi connectivity index (χ1) is 15.1. The van der Waals surface area contributed by atoms with E-state index in [1.54, 1.807) is 12.1 Å². The molecule has 32 heavy (non-hydrogen) atoms. The summed E-state index contributed by atoms with van der Waals surface area (Å²) in [7, 11) is 0. The van der Waals surface area contributed by atoms with E-state index in [-0.39, 0.29) is 18.7 Å². The first-order valence-corrected chi connectivity index (χ1v) is 9.94. The number of phenols is 1. The first kappa shape index (κ1) is 24.6. The third-order valence-electron chi connectivity index (χ3n) is 5.01. The molecule has 0 spiro atoms. The van der Waals surface area contributed by atoms with Crippen LogP contribution >= 0.6 is 0 Å². The molecule has 2 rings (SSSR count). The number of rotatable bonds is 10. The third kappa shape index (κ3) is 6.94. The second-order valence-corrected chi connectivity index (χ2v) is 7.44. The van der Waals surface area contributed by atoms with Crippen LogP contribution in [0, 0.1) is 0 Å². The molecule has 0 saturated carbocycles. The van der Waals surface area contributed by atoms with Gasteiger partial charge in [0.1, 0.15) is 17.8 Å². The van der Waals surface area contributed by atoms with Crippen LogP contribution in [0.4, 0.5) is 0 Å². The van der Waals surface area contributed by atoms with Crippen LogP contribution in [0.3, 0.4) is 0 Å². The smallest absolute Gasteiger partial charge is 0.326 e. The predicted molar refractivity (Wildman–Crippen MR) is 109 cm³/mol. The number of likely N-dealkylation sites (tertiary alicyclic amines) is 1. The Morgan fingerprint density at radius 1 is 1.09 bits per heavy atom. The molecule has 1 aromatic carbocycles. The number of carboxylic acids is 2. The van der Waals surface area contributed by atoms with Crippen LogP contribution < -0.4 is 16.4 Å². The van der Waals surface area contributed by atoms with Crippen LogP contribution in [0.15, 0.2) is 24.3 Å². The fourth-order valence-electron chi connectivity index (χ4n) is 3.35. The molecule has 1 saturated heterocycles. The summed E-state index contributed by atoms with van der Waals surface area (Å²) in [6.45, 7) is -0.290. The van der Waals surface area contributed by atoms with Crippen molar-refractivity contribution in [1.82, 2.24) is 15.5 Å². The zero-order chi connectivity index (χ0) is 23.8. The van der Waals surface area contributed by atoms with Crippen molar-refractivity contribution in [2.24, 2.45) is 5.73 Å².